The molecule has 180 valence electrons. The van der Waals surface area contributed by atoms with Gasteiger partial charge in [-0.1, -0.05) is 6.58 Å². The molecule has 1 aliphatic heterocycles. The van der Waals surface area contributed by atoms with Gasteiger partial charge in [0.15, 0.2) is 5.82 Å². The Hall–Kier alpha value is -4.68. The van der Waals surface area contributed by atoms with Crippen molar-refractivity contribution in [2.24, 2.45) is 0 Å². The first-order valence-electron chi connectivity index (χ1n) is 11.6. The van der Waals surface area contributed by atoms with Crippen molar-refractivity contribution in [3.8, 4) is 11.9 Å². The Morgan fingerprint density at radius 1 is 1.17 bits per heavy atom. The average molecular weight is 480 g/mol. The first-order chi connectivity index (χ1) is 17.6. The van der Waals surface area contributed by atoms with Crippen LogP contribution in [-0.2, 0) is 9.53 Å². The molecule has 1 saturated heterocycles. The van der Waals surface area contributed by atoms with Gasteiger partial charge in [0.1, 0.15) is 11.6 Å². The zero-order valence-electron chi connectivity index (χ0n) is 19.9. The highest BCUT2D eigenvalue weighted by Crippen LogP contribution is 2.29. The SMILES string of the molecule is C=CC(=O)Nc1ccc2c(c1)c(C)cn2-c1nc(Nc2ccc(N3CCOCC3)cc2)ncc1C#N. The summed E-state index contributed by atoms with van der Waals surface area (Å²) in [6.07, 6.45) is 4.67. The van der Waals surface area contributed by atoms with E-state index in [-0.39, 0.29) is 5.91 Å². The molecule has 5 rings (SSSR count). The molecule has 0 aliphatic carbocycles. The summed E-state index contributed by atoms with van der Waals surface area (Å²) in [5.74, 6) is 0.584. The number of nitrogens with one attached hydrogen (secondary N) is 2. The number of aryl methyl sites for hydroxylation is 1. The first kappa shape index (κ1) is 23.1. The van der Waals surface area contributed by atoms with Gasteiger partial charge in [0.25, 0.3) is 0 Å². The Morgan fingerprint density at radius 2 is 1.92 bits per heavy atom. The summed E-state index contributed by atoms with van der Waals surface area (Å²) in [6.45, 7) is 8.69. The molecule has 0 spiro atoms. The van der Waals surface area contributed by atoms with Crippen molar-refractivity contribution in [3.63, 3.8) is 0 Å². The highest BCUT2D eigenvalue weighted by Gasteiger charge is 2.15. The summed E-state index contributed by atoms with van der Waals surface area (Å²) >= 11 is 0. The van der Waals surface area contributed by atoms with E-state index in [0.717, 1.165) is 54.1 Å². The van der Waals surface area contributed by atoms with Gasteiger partial charge in [-0.25, -0.2) is 4.98 Å². The molecule has 2 aromatic heterocycles. The number of nitrogens with zero attached hydrogens (tertiary/aromatic N) is 5. The van der Waals surface area contributed by atoms with Gasteiger partial charge in [0.2, 0.25) is 11.9 Å². The van der Waals surface area contributed by atoms with Crippen molar-refractivity contribution in [2.45, 2.75) is 6.92 Å². The van der Waals surface area contributed by atoms with Gasteiger partial charge >= 0.3 is 0 Å². The molecule has 0 radical (unpaired) electrons. The Labute approximate surface area is 208 Å². The summed E-state index contributed by atoms with van der Waals surface area (Å²) in [7, 11) is 0. The minimum absolute atomic E-state index is 0.275. The minimum Gasteiger partial charge on any atom is -0.378 e. The lowest BCUT2D eigenvalue weighted by molar-refractivity contribution is -0.111. The molecule has 9 nitrogen and oxygen atoms in total. The fraction of sp³-hybridized carbons (Fsp3) is 0.185. The second kappa shape index (κ2) is 9.90. The van der Waals surface area contributed by atoms with Crippen LogP contribution in [0.15, 0.2) is 67.5 Å². The van der Waals surface area contributed by atoms with Gasteiger partial charge in [-0.3, -0.25) is 9.36 Å². The van der Waals surface area contributed by atoms with E-state index in [0.29, 0.717) is 23.0 Å². The van der Waals surface area contributed by atoms with E-state index in [1.165, 1.54) is 12.3 Å². The monoisotopic (exact) mass is 479 g/mol. The summed E-state index contributed by atoms with van der Waals surface area (Å²) in [4.78, 5) is 23.0. The number of aromatic nitrogens is 3. The molecule has 1 amide bonds. The third kappa shape index (κ3) is 4.62. The number of anilines is 4. The Balaban J connectivity index is 1.44. The van der Waals surface area contributed by atoms with Crippen LogP contribution in [0.5, 0.6) is 0 Å². The number of nitriles is 1. The van der Waals surface area contributed by atoms with E-state index < -0.39 is 0 Å². The van der Waals surface area contributed by atoms with E-state index in [2.05, 4.69) is 50.3 Å². The van der Waals surface area contributed by atoms with Crippen molar-refractivity contribution in [1.29, 1.82) is 5.26 Å². The Bertz CT molecular complexity index is 1480. The number of benzene rings is 2. The van der Waals surface area contributed by atoms with Gasteiger partial charge in [0, 0.05) is 41.7 Å². The second-order valence-electron chi connectivity index (χ2n) is 8.42. The van der Waals surface area contributed by atoms with Crippen molar-refractivity contribution in [3.05, 3.63) is 78.6 Å². The standard InChI is InChI=1S/C27H25N7O2/c1-3-25(35)30-21-6-9-24-23(14-21)18(2)17-34(24)26-19(15-28)16-29-27(32-26)31-20-4-7-22(8-5-20)33-10-12-36-13-11-33/h3-9,14,16-17H,1,10-13H2,2H3,(H,30,35)(H,29,31,32). The van der Waals surface area contributed by atoms with Crippen LogP contribution in [-0.4, -0.2) is 46.7 Å². The maximum absolute atomic E-state index is 11.7. The number of hydrogen-bond acceptors (Lipinski definition) is 7. The van der Waals surface area contributed by atoms with Crippen LogP contribution < -0.4 is 15.5 Å². The maximum Gasteiger partial charge on any atom is 0.247 e. The maximum atomic E-state index is 11.7. The lowest BCUT2D eigenvalue weighted by Gasteiger charge is -2.28. The number of fused-ring (bicyclic) bond motifs is 1. The van der Waals surface area contributed by atoms with Crippen molar-refractivity contribution >= 4 is 39.8 Å². The van der Waals surface area contributed by atoms with Crippen molar-refractivity contribution in [2.75, 3.05) is 41.8 Å². The fourth-order valence-electron chi connectivity index (χ4n) is 4.24. The summed E-state index contributed by atoms with van der Waals surface area (Å²) in [6, 6.07) is 15.9. The quantitative estimate of drug-likeness (QED) is 0.397. The Morgan fingerprint density at radius 3 is 2.64 bits per heavy atom. The molecule has 36 heavy (non-hydrogen) atoms. The molecule has 1 aliphatic rings. The third-order valence-corrected chi connectivity index (χ3v) is 6.07. The highest BCUT2D eigenvalue weighted by atomic mass is 16.5. The van der Waals surface area contributed by atoms with Crippen LogP contribution in [0.2, 0.25) is 0 Å². The fourth-order valence-corrected chi connectivity index (χ4v) is 4.24. The molecular formula is C27H25N7O2. The van der Waals surface area contributed by atoms with Gasteiger partial charge in [-0.05, 0) is 61.0 Å². The molecule has 3 heterocycles. The zero-order valence-corrected chi connectivity index (χ0v) is 19.9. The van der Waals surface area contributed by atoms with Crippen LogP contribution in [0, 0.1) is 18.3 Å². The smallest absolute Gasteiger partial charge is 0.247 e. The normalized spacial score (nSPS) is 13.3. The average Bonchev–Trinajstić information content (AvgIpc) is 3.25. The highest BCUT2D eigenvalue weighted by molar-refractivity contribution is 6.00. The third-order valence-electron chi connectivity index (χ3n) is 6.07. The molecule has 4 aromatic rings. The van der Waals surface area contributed by atoms with Crippen LogP contribution in [0.1, 0.15) is 11.1 Å². The number of carbonyl (C=O) groups is 1. The number of hydrogen-bond donors (Lipinski definition) is 2. The van der Waals surface area contributed by atoms with E-state index in [9.17, 15) is 10.1 Å². The van der Waals surface area contributed by atoms with E-state index >= 15 is 0 Å². The van der Waals surface area contributed by atoms with Crippen molar-refractivity contribution < 1.29 is 9.53 Å². The van der Waals surface area contributed by atoms with E-state index in [4.69, 9.17) is 4.74 Å². The first-order valence-corrected chi connectivity index (χ1v) is 11.6. The van der Waals surface area contributed by atoms with Crippen LogP contribution in [0.4, 0.5) is 23.0 Å². The molecule has 0 atom stereocenters. The number of amides is 1. The topological polar surface area (TPSA) is 108 Å². The minimum atomic E-state index is -0.275. The van der Waals surface area contributed by atoms with Gasteiger partial charge < -0.3 is 20.3 Å². The van der Waals surface area contributed by atoms with Gasteiger partial charge in [-0.2, -0.15) is 10.2 Å². The predicted molar refractivity (Wildman–Crippen MR) is 140 cm³/mol. The van der Waals surface area contributed by atoms with E-state index in [1.807, 2.05) is 48.0 Å². The predicted octanol–water partition coefficient (Wildman–Crippen LogP) is 4.31. The molecule has 0 bridgehead atoms. The van der Waals surface area contributed by atoms with E-state index in [1.54, 1.807) is 0 Å². The molecule has 9 heteroatoms. The molecule has 0 unspecified atom stereocenters. The lowest BCUT2D eigenvalue weighted by atomic mass is 10.1. The molecule has 0 saturated carbocycles. The lowest BCUT2D eigenvalue weighted by Crippen LogP contribution is -2.36. The van der Waals surface area contributed by atoms with Gasteiger partial charge in [0.05, 0.1) is 24.9 Å². The van der Waals surface area contributed by atoms with Crippen LogP contribution in [0.25, 0.3) is 16.7 Å². The van der Waals surface area contributed by atoms with Gasteiger partial charge in [-0.15, -0.1) is 0 Å². The van der Waals surface area contributed by atoms with Crippen LogP contribution >= 0.6 is 0 Å². The summed E-state index contributed by atoms with van der Waals surface area (Å²) in [5.41, 5.74) is 4.85. The number of ether oxygens (including phenoxy) is 1. The summed E-state index contributed by atoms with van der Waals surface area (Å²) in [5, 5.41) is 16.7. The molecular weight excluding hydrogens is 454 g/mol. The number of morpholine rings is 1. The molecule has 2 aromatic carbocycles. The van der Waals surface area contributed by atoms with Crippen molar-refractivity contribution in [1.82, 2.24) is 14.5 Å². The molecule has 1 fully saturated rings. The Kier molecular flexibility index (Phi) is 6.34. The zero-order chi connectivity index (χ0) is 25.1. The largest absolute Gasteiger partial charge is 0.378 e. The number of rotatable bonds is 6. The van der Waals surface area contributed by atoms with Crippen LogP contribution in [0.3, 0.4) is 0 Å². The number of carbonyl (C=O) groups excluding carboxylic acids is 1. The summed E-state index contributed by atoms with van der Waals surface area (Å²) < 4.78 is 7.30. The molecule has 2 N–H and O–H groups in total. The second-order valence-corrected chi connectivity index (χ2v) is 8.42.